The highest BCUT2D eigenvalue weighted by Crippen LogP contribution is 2.31. The first-order valence-electron chi connectivity index (χ1n) is 6.51. The second-order valence-corrected chi connectivity index (χ2v) is 6.49. The molecule has 100 valence electrons. The number of aryl methyl sites for hydroxylation is 2. The molecule has 0 spiro atoms. The molecular formula is C15H16ClNOS. The maximum Gasteiger partial charge on any atom is 0.138 e. The van der Waals surface area contributed by atoms with Gasteiger partial charge in [0, 0.05) is 28.4 Å². The number of rotatable bonds is 4. The predicted octanol–water partition coefficient (Wildman–Crippen LogP) is 3.89. The second kappa shape index (κ2) is 5.53. The molecule has 2 nitrogen and oxygen atoms in total. The monoisotopic (exact) mass is 293 g/mol. The molecule has 0 unspecified atom stereocenters. The van der Waals surface area contributed by atoms with Gasteiger partial charge >= 0.3 is 0 Å². The van der Waals surface area contributed by atoms with Crippen molar-refractivity contribution in [3.63, 3.8) is 0 Å². The van der Waals surface area contributed by atoms with Crippen molar-refractivity contribution >= 4 is 22.9 Å². The lowest BCUT2D eigenvalue weighted by Gasteiger charge is -2.07. The van der Waals surface area contributed by atoms with Crippen molar-refractivity contribution in [3.8, 4) is 5.75 Å². The summed E-state index contributed by atoms with van der Waals surface area (Å²) in [4.78, 5) is 2.94. The van der Waals surface area contributed by atoms with E-state index in [1.54, 1.807) is 10.9 Å². The minimum atomic E-state index is 0.186. The lowest BCUT2D eigenvalue weighted by molar-refractivity contribution is 0.465. The largest absolute Gasteiger partial charge is 0.506 e. The van der Waals surface area contributed by atoms with E-state index in [0.29, 0.717) is 11.6 Å². The van der Waals surface area contributed by atoms with Crippen LogP contribution in [-0.4, -0.2) is 5.11 Å². The molecule has 0 saturated heterocycles. The summed E-state index contributed by atoms with van der Waals surface area (Å²) in [6.07, 6.45) is 3.79. The van der Waals surface area contributed by atoms with E-state index in [4.69, 9.17) is 11.6 Å². The molecule has 1 aliphatic carbocycles. The van der Waals surface area contributed by atoms with E-state index in [1.165, 1.54) is 29.7 Å². The highest BCUT2D eigenvalue weighted by atomic mass is 35.5. The third-order valence-corrected chi connectivity index (χ3v) is 5.02. The molecule has 0 fully saturated rings. The maximum absolute atomic E-state index is 9.82. The van der Waals surface area contributed by atoms with Gasteiger partial charge in [0.15, 0.2) is 0 Å². The van der Waals surface area contributed by atoms with E-state index in [-0.39, 0.29) is 5.75 Å². The summed E-state index contributed by atoms with van der Waals surface area (Å²) in [7, 11) is 0. The minimum Gasteiger partial charge on any atom is -0.506 e. The van der Waals surface area contributed by atoms with Gasteiger partial charge in [0.05, 0.1) is 5.02 Å². The Hall–Kier alpha value is -1.03. The molecule has 0 aliphatic heterocycles. The number of phenolic OH excluding ortho intramolecular Hbond substituents is 1. The normalized spacial score (nSPS) is 13.7. The third kappa shape index (κ3) is 2.78. The Balaban J connectivity index is 1.59. The Morgan fingerprint density at radius 3 is 3.00 bits per heavy atom. The fourth-order valence-electron chi connectivity index (χ4n) is 2.50. The lowest BCUT2D eigenvalue weighted by Crippen LogP contribution is -2.11. The van der Waals surface area contributed by atoms with Crippen molar-refractivity contribution in [1.29, 1.82) is 0 Å². The fraction of sp³-hybridized carbons (Fsp3) is 0.333. The number of halogens is 1. The van der Waals surface area contributed by atoms with Gasteiger partial charge in [-0.1, -0.05) is 23.7 Å². The average Bonchev–Trinajstić information content (AvgIpc) is 2.95. The zero-order valence-corrected chi connectivity index (χ0v) is 12.2. The molecule has 0 atom stereocenters. The van der Waals surface area contributed by atoms with E-state index in [9.17, 15) is 5.11 Å². The number of para-hydroxylation sites is 1. The van der Waals surface area contributed by atoms with Gasteiger partial charge in [-0.15, -0.1) is 11.3 Å². The van der Waals surface area contributed by atoms with Gasteiger partial charge in [-0.25, -0.2) is 0 Å². The molecule has 1 aliphatic rings. The van der Waals surface area contributed by atoms with E-state index in [0.717, 1.165) is 12.1 Å². The molecule has 2 N–H and O–H groups in total. The van der Waals surface area contributed by atoms with Crippen LogP contribution in [-0.2, 0) is 25.9 Å². The molecule has 1 aromatic carbocycles. The number of hydrogen-bond acceptors (Lipinski definition) is 3. The maximum atomic E-state index is 9.82. The van der Waals surface area contributed by atoms with E-state index < -0.39 is 0 Å². The van der Waals surface area contributed by atoms with Crippen LogP contribution in [0.3, 0.4) is 0 Å². The van der Waals surface area contributed by atoms with Crippen molar-refractivity contribution in [3.05, 3.63) is 50.2 Å². The van der Waals surface area contributed by atoms with Gasteiger partial charge < -0.3 is 10.4 Å². The van der Waals surface area contributed by atoms with Gasteiger partial charge in [-0.2, -0.15) is 0 Å². The van der Waals surface area contributed by atoms with Gasteiger partial charge in [0.1, 0.15) is 5.75 Å². The number of phenols is 1. The molecule has 1 heterocycles. The molecule has 2 aromatic rings. The number of hydrogen-bond donors (Lipinski definition) is 2. The predicted molar refractivity (Wildman–Crippen MR) is 80.0 cm³/mol. The van der Waals surface area contributed by atoms with Crippen LogP contribution in [0, 0.1) is 0 Å². The summed E-state index contributed by atoms with van der Waals surface area (Å²) in [5.74, 6) is 0.186. The minimum absolute atomic E-state index is 0.186. The van der Waals surface area contributed by atoms with Crippen LogP contribution in [0.2, 0.25) is 5.02 Å². The van der Waals surface area contributed by atoms with Crippen LogP contribution in [0.4, 0.5) is 0 Å². The molecular weight excluding hydrogens is 278 g/mol. The molecule has 0 amide bonds. The standard InChI is InChI=1S/C15H16ClNOS/c16-13-5-1-4-11(15(13)18)8-17-9-12-7-10-3-2-6-14(10)19-12/h1,4-5,7,17-18H,2-3,6,8-9H2. The average molecular weight is 294 g/mol. The summed E-state index contributed by atoms with van der Waals surface area (Å²) in [6, 6.07) is 7.77. The first kappa shape index (κ1) is 13.0. The topological polar surface area (TPSA) is 32.3 Å². The van der Waals surface area contributed by atoms with Gasteiger partial charge in [0.25, 0.3) is 0 Å². The van der Waals surface area contributed by atoms with Crippen LogP contribution < -0.4 is 5.32 Å². The molecule has 0 radical (unpaired) electrons. The first-order chi connectivity index (χ1) is 9.24. The Bertz CT molecular complexity index is 572. The first-order valence-corrected chi connectivity index (χ1v) is 7.71. The highest BCUT2D eigenvalue weighted by molar-refractivity contribution is 7.12. The number of fused-ring (bicyclic) bond motifs is 1. The van der Waals surface area contributed by atoms with E-state index >= 15 is 0 Å². The lowest BCUT2D eigenvalue weighted by atomic mass is 10.2. The summed E-state index contributed by atoms with van der Waals surface area (Å²) in [5, 5.41) is 13.6. The Kier molecular flexibility index (Phi) is 3.78. The van der Waals surface area contributed by atoms with Crippen LogP contribution in [0.5, 0.6) is 5.75 Å². The van der Waals surface area contributed by atoms with Crippen LogP contribution >= 0.6 is 22.9 Å². The molecule has 19 heavy (non-hydrogen) atoms. The van der Waals surface area contributed by atoms with Gasteiger partial charge in [-0.05, 0) is 37.0 Å². The van der Waals surface area contributed by atoms with Crippen molar-refractivity contribution in [1.82, 2.24) is 5.32 Å². The van der Waals surface area contributed by atoms with Crippen molar-refractivity contribution < 1.29 is 5.11 Å². The number of nitrogens with one attached hydrogen (secondary N) is 1. The zero-order chi connectivity index (χ0) is 13.2. The van der Waals surface area contributed by atoms with Gasteiger partial charge in [-0.3, -0.25) is 0 Å². The summed E-state index contributed by atoms with van der Waals surface area (Å²) in [5.41, 5.74) is 2.38. The molecule has 0 bridgehead atoms. The highest BCUT2D eigenvalue weighted by Gasteiger charge is 2.14. The molecule has 1 aromatic heterocycles. The smallest absolute Gasteiger partial charge is 0.138 e. The molecule has 4 heteroatoms. The quantitative estimate of drug-likeness (QED) is 0.896. The van der Waals surface area contributed by atoms with Crippen LogP contribution in [0.15, 0.2) is 24.3 Å². The summed E-state index contributed by atoms with van der Waals surface area (Å²) < 4.78 is 0. The number of thiophene rings is 1. The Morgan fingerprint density at radius 1 is 1.26 bits per heavy atom. The summed E-state index contributed by atoms with van der Waals surface area (Å²) in [6.45, 7) is 1.48. The SMILES string of the molecule is Oc1c(Cl)cccc1CNCc1cc2c(s1)CCC2. The van der Waals surface area contributed by atoms with Gasteiger partial charge in [0.2, 0.25) is 0 Å². The third-order valence-electron chi connectivity index (χ3n) is 3.48. The zero-order valence-electron chi connectivity index (χ0n) is 10.6. The summed E-state index contributed by atoms with van der Waals surface area (Å²) >= 11 is 7.80. The molecule has 0 saturated carbocycles. The van der Waals surface area contributed by atoms with Crippen molar-refractivity contribution in [2.45, 2.75) is 32.4 Å². The molecule has 3 rings (SSSR count). The number of benzene rings is 1. The van der Waals surface area contributed by atoms with Crippen molar-refractivity contribution in [2.24, 2.45) is 0 Å². The Morgan fingerprint density at radius 2 is 2.16 bits per heavy atom. The fourth-order valence-corrected chi connectivity index (χ4v) is 3.93. The van der Waals surface area contributed by atoms with Crippen LogP contribution in [0.1, 0.15) is 27.3 Å². The van der Waals surface area contributed by atoms with Crippen molar-refractivity contribution in [2.75, 3.05) is 0 Å². The van der Waals surface area contributed by atoms with E-state index in [2.05, 4.69) is 11.4 Å². The van der Waals surface area contributed by atoms with E-state index in [1.807, 2.05) is 23.5 Å². The van der Waals surface area contributed by atoms with Crippen LogP contribution in [0.25, 0.3) is 0 Å². The number of aromatic hydroxyl groups is 1. The Labute approximate surface area is 122 Å². The second-order valence-electron chi connectivity index (χ2n) is 4.87.